The zero-order valence-electron chi connectivity index (χ0n) is 9.88. The molecule has 19 heavy (non-hydrogen) atoms. The summed E-state index contributed by atoms with van der Waals surface area (Å²) in [7, 11) is 0. The lowest BCUT2D eigenvalue weighted by Crippen LogP contribution is -2.13. The summed E-state index contributed by atoms with van der Waals surface area (Å²) in [6.07, 6.45) is 1.48. The fraction of sp³-hybridized carbons (Fsp3) is 0.0769. The lowest BCUT2D eigenvalue weighted by molar-refractivity contribution is 0.102. The Bertz CT molecular complexity index is 647. The van der Waals surface area contributed by atoms with Crippen LogP contribution in [0.1, 0.15) is 15.9 Å². The maximum atomic E-state index is 12.1. The predicted molar refractivity (Wildman–Crippen MR) is 81.1 cm³/mol. The molecule has 2 rings (SSSR count). The van der Waals surface area contributed by atoms with Crippen molar-refractivity contribution in [2.24, 2.45) is 0 Å². The summed E-state index contributed by atoms with van der Waals surface area (Å²) in [5, 5.41) is 3.50. The Morgan fingerprint density at radius 3 is 2.79 bits per heavy atom. The summed E-state index contributed by atoms with van der Waals surface area (Å²) in [5.41, 5.74) is 1.82. The Labute approximate surface area is 129 Å². The van der Waals surface area contributed by atoms with E-state index in [1.54, 1.807) is 18.2 Å². The maximum Gasteiger partial charge on any atom is 0.257 e. The molecule has 1 amide bonds. The minimum atomic E-state index is -0.287. The number of pyridine rings is 1. The number of hydrogen-bond acceptors (Lipinski definition) is 2. The minimum absolute atomic E-state index is 0.287. The topological polar surface area (TPSA) is 42.0 Å². The second-order valence-corrected chi connectivity index (χ2v) is 5.48. The van der Waals surface area contributed by atoms with Gasteiger partial charge in [-0.3, -0.25) is 4.79 Å². The number of nitrogens with zero attached hydrogens (tertiary/aromatic N) is 1. The largest absolute Gasteiger partial charge is 0.321 e. The first-order valence-corrected chi connectivity index (χ1v) is 6.91. The molecule has 0 aliphatic carbocycles. The predicted octanol–water partition coefficient (Wildman–Crippen LogP) is 4.71. The maximum absolute atomic E-state index is 12.1. The van der Waals surface area contributed by atoms with Crippen LogP contribution in [0.4, 0.5) is 5.69 Å². The van der Waals surface area contributed by atoms with E-state index in [0.717, 1.165) is 5.56 Å². The van der Waals surface area contributed by atoms with Crippen molar-refractivity contribution >= 4 is 50.7 Å². The molecule has 0 atom stereocenters. The highest BCUT2D eigenvalue weighted by atomic mass is 79.9. The number of benzene rings is 1. The van der Waals surface area contributed by atoms with Gasteiger partial charge in [0.15, 0.2) is 0 Å². The average Bonchev–Trinajstić information content (AvgIpc) is 2.37. The summed E-state index contributed by atoms with van der Waals surface area (Å²) in [4.78, 5) is 16.0. The van der Waals surface area contributed by atoms with E-state index >= 15 is 0 Å². The van der Waals surface area contributed by atoms with Gasteiger partial charge in [-0.15, -0.1) is 0 Å². The highest BCUT2D eigenvalue weighted by Gasteiger charge is 2.12. The molecule has 6 heteroatoms. The fourth-order valence-electron chi connectivity index (χ4n) is 1.51. The van der Waals surface area contributed by atoms with Crippen molar-refractivity contribution in [2.45, 2.75) is 6.92 Å². The summed E-state index contributed by atoms with van der Waals surface area (Å²) < 4.78 is 0.613. The standard InChI is InChI=1S/C13H9BrCl2N2O/c1-7-3-2-4-9(11(7)15)13(19)18-8-5-10(14)12(16)17-6-8/h2-6H,1H3,(H,18,19). The number of carbonyl (C=O) groups is 1. The van der Waals surface area contributed by atoms with Gasteiger partial charge in [-0.2, -0.15) is 0 Å². The van der Waals surface area contributed by atoms with Crippen LogP contribution in [0.2, 0.25) is 10.2 Å². The smallest absolute Gasteiger partial charge is 0.257 e. The number of rotatable bonds is 2. The zero-order valence-corrected chi connectivity index (χ0v) is 13.0. The molecule has 0 aliphatic heterocycles. The normalized spacial score (nSPS) is 10.3. The summed E-state index contributed by atoms with van der Waals surface area (Å²) >= 11 is 15.1. The number of halogens is 3. The van der Waals surface area contributed by atoms with E-state index < -0.39 is 0 Å². The summed E-state index contributed by atoms with van der Waals surface area (Å²) in [6, 6.07) is 6.98. The van der Waals surface area contributed by atoms with E-state index in [-0.39, 0.29) is 5.91 Å². The first-order valence-electron chi connectivity index (χ1n) is 5.36. The van der Waals surface area contributed by atoms with E-state index in [0.29, 0.717) is 25.9 Å². The van der Waals surface area contributed by atoms with Gasteiger partial charge in [0.05, 0.1) is 26.9 Å². The molecule has 1 aromatic carbocycles. The molecular formula is C13H9BrCl2N2O. The number of amides is 1. The molecule has 1 N–H and O–H groups in total. The lowest BCUT2D eigenvalue weighted by atomic mass is 10.1. The number of nitrogens with one attached hydrogen (secondary N) is 1. The van der Waals surface area contributed by atoms with Gasteiger partial charge in [-0.05, 0) is 40.5 Å². The molecule has 0 saturated heterocycles. The summed E-state index contributed by atoms with van der Waals surface area (Å²) in [6.45, 7) is 1.85. The van der Waals surface area contributed by atoms with Crippen LogP contribution in [-0.2, 0) is 0 Å². The molecule has 0 radical (unpaired) electrons. The number of aryl methyl sites for hydroxylation is 1. The Balaban J connectivity index is 2.26. The van der Waals surface area contributed by atoms with Gasteiger partial charge in [0.25, 0.3) is 5.91 Å². The van der Waals surface area contributed by atoms with E-state index in [4.69, 9.17) is 23.2 Å². The fourth-order valence-corrected chi connectivity index (χ4v) is 2.17. The van der Waals surface area contributed by atoms with E-state index in [1.807, 2.05) is 13.0 Å². The Kier molecular flexibility index (Phi) is 4.45. The second-order valence-electron chi connectivity index (χ2n) is 3.89. The number of aromatic nitrogens is 1. The van der Waals surface area contributed by atoms with Crippen LogP contribution in [0.3, 0.4) is 0 Å². The van der Waals surface area contributed by atoms with Crippen molar-refractivity contribution in [3.63, 3.8) is 0 Å². The number of anilines is 1. The Hall–Kier alpha value is -1.10. The summed E-state index contributed by atoms with van der Waals surface area (Å²) in [5.74, 6) is -0.287. The Morgan fingerprint density at radius 1 is 1.37 bits per heavy atom. The van der Waals surface area contributed by atoms with E-state index in [2.05, 4.69) is 26.2 Å². The highest BCUT2D eigenvalue weighted by Crippen LogP contribution is 2.25. The van der Waals surface area contributed by atoms with Crippen LogP contribution < -0.4 is 5.32 Å². The molecule has 1 aromatic heterocycles. The van der Waals surface area contributed by atoms with Gasteiger partial charge in [-0.25, -0.2) is 4.98 Å². The Morgan fingerprint density at radius 2 is 2.11 bits per heavy atom. The van der Waals surface area contributed by atoms with Crippen molar-refractivity contribution in [3.8, 4) is 0 Å². The van der Waals surface area contributed by atoms with Crippen LogP contribution in [0.15, 0.2) is 34.9 Å². The lowest BCUT2D eigenvalue weighted by Gasteiger charge is -2.08. The van der Waals surface area contributed by atoms with Crippen LogP contribution in [0.25, 0.3) is 0 Å². The third-order valence-electron chi connectivity index (χ3n) is 2.49. The minimum Gasteiger partial charge on any atom is -0.321 e. The number of carbonyl (C=O) groups excluding carboxylic acids is 1. The SMILES string of the molecule is Cc1cccc(C(=O)Nc2cnc(Cl)c(Br)c2)c1Cl. The highest BCUT2D eigenvalue weighted by molar-refractivity contribution is 9.10. The molecule has 1 heterocycles. The van der Waals surface area contributed by atoms with Gasteiger partial charge >= 0.3 is 0 Å². The molecule has 0 unspecified atom stereocenters. The molecule has 0 saturated carbocycles. The molecule has 2 aromatic rings. The van der Waals surface area contributed by atoms with Gasteiger partial charge in [-0.1, -0.05) is 35.3 Å². The first kappa shape index (κ1) is 14.3. The zero-order chi connectivity index (χ0) is 14.0. The van der Waals surface area contributed by atoms with Crippen molar-refractivity contribution in [2.75, 3.05) is 5.32 Å². The van der Waals surface area contributed by atoms with Crippen LogP contribution in [-0.4, -0.2) is 10.9 Å². The molecule has 0 bridgehead atoms. The van der Waals surface area contributed by atoms with Crippen molar-refractivity contribution < 1.29 is 4.79 Å². The van der Waals surface area contributed by atoms with Crippen molar-refractivity contribution in [1.29, 1.82) is 0 Å². The monoisotopic (exact) mass is 358 g/mol. The van der Waals surface area contributed by atoms with Gasteiger partial charge in [0.2, 0.25) is 0 Å². The molecule has 98 valence electrons. The number of hydrogen-bond donors (Lipinski definition) is 1. The van der Waals surface area contributed by atoms with Crippen molar-refractivity contribution in [1.82, 2.24) is 4.98 Å². The molecule has 0 aliphatic rings. The van der Waals surface area contributed by atoms with Crippen molar-refractivity contribution in [3.05, 3.63) is 56.2 Å². The quantitative estimate of drug-likeness (QED) is 0.789. The van der Waals surface area contributed by atoms with Gasteiger partial charge in [0, 0.05) is 0 Å². The molecule has 0 fully saturated rings. The second kappa shape index (κ2) is 5.90. The van der Waals surface area contributed by atoms with Crippen LogP contribution in [0, 0.1) is 6.92 Å². The third kappa shape index (κ3) is 3.26. The molecular weight excluding hydrogens is 351 g/mol. The third-order valence-corrected chi connectivity index (χ3v) is 4.13. The van der Waals surface area contributed by atoms with Crippen LogP contribution in [0.5, 0.6) is 0 Å². The van der Waals surface area contributed by atoms with Gasteiger partial charge in [0.1, 0.15) is 5.15 Å². The molecule has 0 spiro atoms. The van der Waals surface area contributed by atoms with E-state index in [1.165, 1.54) is 6.20 Å². The van der Waals surface area contributed by atoms with Crippen LogP contribution >= 0.6 is 39.1 Å². The molecule has 3 nitrogen and oxygen atoms in total. The average molecular weight is 360 g/mol. The van der Waals surface area contributed by atoms with Gasteiger partial charge < -0.3 is 5.32 Å². The first-order chi connectivity index (χ1) is 8.99. The van der Waals surface area contributed by atoms with E-state index in [9.17, 15) is 4.79 Å².